The average Bonchev–Trinajstić information content (AvgIpc) is 2.42. The van der Waals surface area contributed by atoms with Crippen LogP contribution in [-0.4, -0.2) is 4.92 Å². The third-order valence-electron chi connectivity index (χ3n) is 2.87. The fraction of sp³-hybridized carbons (Fsp3) is 0.143. The summed E-state index contributed by atoms with van der Waals surface area (Å²) in [5, 5.41) is 11.7. The normalized spacial score (nSPS) is 10.5. The predicted molar refractivity (Wildman–Crippen MR) is 85.0 cm³/mol. The molecule has 0 radical (unpaired) electrons. The Morgan fingerprint density at radius 3 is 2.71 bits per heavy atom. The number of hydrogen-bond acceptors (Lipinski definition) is 4. The van der Waals surface area contributed by atoms with Gasteiger partial charge >= 0.3 is 5.69 Å². The maximum absolute atomic E-state index is 11.2. The summed E-state index contributed by atoms with van der Waals surface area (Å²) >= 11 is 9.15. The molecule has 2 rings (SSSR count). The zero-order valence-corrected chi connectivity index (χ0v) is 13.4. The molecule has 2 aromatic rings. The lowest BCUT2D eigenvalue weighted by Gasteiger charge is -2.13. The quantitative estimate of drug-likeness (QED) is 0.630. The molecule has 0 atom stereocenters. The minimum absolute atomic E-state index is 0.111. The van der Waals surface area contributed by atoms with Crippen molar-refractivity contribution in [3.8, 4) is 11.5 Å². The van der Waals surface area contributed by atoms with Gasteiger partial charge in [-0.25, -0.2) is 0 Å². The summed E-state index contributed by atoms with van der Waals surface area (Å²) in [5.41, 5.74) is 6.87. The van der Waals surface area contributed by atoms with E-state index in [2.05, 4.69) is 15.9 Å². The number of halogens is 2. The van der Waals surface area contributed by atoms with E-state index in [0.717, 1.165) is 0 Å². The van der Waals surface area contributed by atoms with Crippen molar-refractivity contribution in [1.82, 2.24) is 0 Å². The summed E-state index contributed by atoms with van der Waals surface area (Å²) in [5.74, 6) is 0.649. The Hall–Kier alpha value is -1.63. The highest BCUT2D eigenvalue weighted by atomic mass is 79.9. The summed E-state index contributed by atoms with van der Waals surface area (Å²) in [6.45, 7) is 1.96. The van der Waals surface area contributed by atoms with Gasteiger partial charge in [-0.05, 0) is 36.8 Å². The van der Waals surface area contributed by atoms with Crippen LogP contribution in [-0.2, 0) is 6.54 Å². The molecular weight excluding hydrogens is 360 g/mol. The first kappa shape index (κ1) is 15.8. The van der Waals surface area contributed by atoms with Crippen molar-refractivity contribution in [3.63, 3.8) is 0 Å². The van der Waals surface area contributed by atoms with E-state index in [1.807, 2.05) is 0 Å². The first-order chi connectivity index (χ1) is 9.92. The van der Waals surface area contributed by atoms with Gasteiger partial charge in [0.2, 0.25) is 5.75 Å². The number of ether oxygens (including phenoxy) is 1. The van der Waals surface area contributed by atoms with Crippen LogP contribution < -0.4 is 10.5 Å². The van der Waals surface area contributed by atoms with Crippen molar-refractivity contribution in [2.75, 3.05) is 0 Å². The van der Waals surface area contributed by atoms with Crippen LogP contribution in [0.3, 0.4) is 0 Å². The molecule has 0 aliphatic rings. The third-order valence-corrected chi connectivity index (χ3v) is 3.56. The van der Waals surface area contributed by atoms with Crippen LogP contribution in [0.2, 0.25) is 5.02 Å². The molecule has 0 saturated heterocycles. The topological polar surface area (TPSA) is 78.4 Å². The first-order valence-corrected chi connectivity index (χ1v) is 7.20. The first-order valence-electron chi connectivity index (χ1n) is 6.03. The van der Waals surface area contributed by atoms with E-state index in [1.165, 1.54) is 6.07 Å². The van der Waals surface area contributed by atoms with Gasteiger partial charge in [0.05, 0.1) is 4.92 Å². The van der Waals surface area contributed by atoms with E-state index in [1.54, 1.807) is 31.2 Å². The van der Waals surface area contributed by atoms with Gasteiger partial charge in [-0.3, -0.25) is 10.1 Å². The molecule has 110 valence electrons. The number of aryl methyl sites for hydroxylation is 1. The summed E-state index contributed by atoms with van der Waals surface area (Å²) in [4.78, 5) is 10.7. The number of nitrogens with two attached hydrogens (primary N) is 1. The molecule has 0 amide bonds. The van der Waals surface area contributed by atoms with E-state index in [-0.39, 0.29) is 18.0 Å². The van der Waals surface area contributed by atoms with Crippen molar-refractivity contribution in [2.45, 2.75) is 13.5 Å². The Kier molecular flexibility index (Phi) is 4.82. The van der Waals surface area contributed by atoms with Gasteiger partial charge in [-0.2, -0.15) is 0 Å². The highest BCUT2D eigenvalue weighted by Gasteiger charge is 2.20. The van der Waals surface area contributed by atoms with Crippen molar-refractivity contribution in [2.24, 2.45) is 5.73 Å². The molecule has 7 heteroatoms. The second-order valence-electron chi connectivity index (χ2n) is 4.39. The fourth-order valence-electron chi connectivity index (χ4n) is 1.90. The van der Waals surface area contributed by atoms with Gasteiger partial charge in [0.25, 0.3) is 0 Å². The van der Waals surface area contributed by atoms with E-state index in [9.17, 15) is 10.1 Å². The number of nitrogens with zero attached hydrogens (tertiary/aromatic N) is 1. The summed E-state index contributed by atoms with van der Waals surface area (Å²) < 4.78 is 6.35. The largest absolute Gasteiger partial charge is 0.450 e. The lowest BCUT2D eigenvalue weighted by atomic mass is 10.1. The Morgan fingerprint density at radius 1 is 1.38 bits per heavy atom. The molecule has 0 aliphatic carbocycles. The lowest BCUT2D eigenvalue weighted by molar-refractivity contribution is -0.385. The van der Waals surface area contributed by atoms with E-state index in [4.69, 9.17) is 22.1 Å². The van der Waals surface area contributed by atoms with Crippen molar-refractivity contribution in [1.29, 1.82) is 0 Å². The van der Waals surface area contributed by atoms with Crippen LogP contribution >= 0.6 is 27.5 Å². The predicted octanol–water partition coefficient (Wildman–Crippen LogP) is 4.57. The van der Waals surface area contributed by atoms with E-state index < -0.39 is 4.92 Å². The number of hydrogen-bond donors (Lipinski definition) is 1. The van der Waals surface area contributed by atoms with Crippen LogP contribution in [0.4, 0.5) is 5.69 Å². The van der Waals surface area contributed by atoms with Crippen LogP contribution in [0.25, 0.3) is 0 Å². The maximum atomic E-state index is 11.2. The highest BCUT2D eigenvalue weighted by Crippen LogP contribution is 2.38. The van der Waals surface area contributed by atoms with Gasteiger partial charge in [-0.15, -0.1) is 0 Å². The molecule has 0 unspecified atom stereocenters. The number of rotatable bonds is 4. The second kappa shape index (κ2) is 6.43. The average molecular weight is 372 g/mol. The molecule has 0 bridgehead atoms. The maximum Gasteiger partial charge on any atom is 0.312 e. The van der Waals surface area contributed by atoms with Crippen molar-refractivity contribution in [3.05, 3.63) is 61.1 Å². The number of benzene rings is 2. The summed E-state index contributed by atoms with van der Waals surface area (Å²) in [7, 11) is 0. The summed E-state index contributed by atoms with van der Waals surface area (Å²) in [6, 6.07) is 8.13. The molecule has 0 aliphatic heterocycles. The highest BCUT2D eigenvalue weighted by molar-refractivity contribution is 9.10. The van der Waals surface area contributed by atoms with Crippen LogP contribution in [0.1, 0.15) is 11.1 Å². The molecule has 5 nitrogen and oxygen atoms in total. The van der Waals surface area contributed by atoms with Gasteiger partial charge in [0.15, 0.2) is 0 Å². The van der Waals surface area contributed by atoms with Crippen molar-refractivity contribution >= 4 is 33.2 Å². The minimum Gasteiger partial charge on any atom is -0.450 e. The van der Waals surface area contributed by atoms with Crippen LogP contribution in [0, 0.1) is 17.0 Å². The Labute approximate surface area is 134 Å². The smallest absolute Gasteiger partial charge is 0.312 e. The fourth-order valence-corrected chi connectivity index (χ4v) is 2.65. The standard InChI is InChI=1S/C14H12BrClN2O3/c1-8-4-10(15)6-12(18(19)20)14(8)21-13-3-2-11(16)5-9(13)7-17/h2-6H,7,17H2,1H3. The number of nitro groups is 1. The Bertz CT molecular complexity index is 707. The van der Waals surface area contributed by atoms with Crippen LogP contribution in [0.15, 0.2) is 34.8 Å². The lowest BCUT2D eigenvalue weighted by Crippen LogP contribution is -2.01. The van der Waals surface area contributed by atoms with E-state index in [0.29, 0.717) is 26.4 Å². The monoisotopic (exact) mass is 370 g/mol. The second-order valence-corrected chi connectivity index (χ2v) is 5.74. The van der Waals surface area contributed by atoms with Crippen LogP contribution in [0.5, 0.6) is 11.5 Å². The van der Waals surface area contributed by atoms with Crippen molar-refractivity contribution < 1.29 is 9.66 Å². The van der Waals surface area contributed by atoms with Gasteiger partial charge in [0, 0.05) is 27.7 Å². The molecule has 0 saturated carbocycles. The number of nitro benzene ring substituents is 1. The van der Waals surface area contributed by atoms with Gasteiger partial charge in [0.1, 0.15) is 5.75 Å². The molecule has 2 aromatic carbocycles. The molecule has 0 heterocycles. The Balaban J connectivity index is 2.51. The SMILES string of the molecule is Cc1cc(Br)cc([N+](=O)[O-])c1Oc1ccc(Cl)cc1CN. The summed E-state index contributed by atoms with van der Waals surface area (Å²) in [6.07, 6.45) is 0. The minimum atomic E-state index is -0.481. The molecule has 2 N–H and O–H groups in total. The zero-order chi connectivity index (χ0) is 15.6. The molecule has 21 heavy (non-hydrogen) atoms. The molecule has 0 fully saturated rings. The van der Waals surface area contributed by atoms with Gasteiger partial charge in [-0.1, -0.05) is 27.5 Å². The molecule has 0 aromatic heterocycles. The molecule has 0 spiro atoms. The van der Waals surface area contributed by atoms with E-state index >= 15 is 0 Å². The Morgan fingerprint density at radius 2 is 2.10 bits per heavy atom. The zero-order valence-electron chi connectivity index (χ0n) is 11.1. The van der Waals surface area contributed by atoms with Gasteiger partial charge < -0.3 is 10.5 Å². The third kappa shape index (κ3) is 3.53. The molecular formula is C14H12BrClN2O3.